The number of aromatic amines is 1. The van der Waals surface area contributed by atoms with Crippen LogP contribution in [0.15, 0.2) is 41.6 Å². The summed E-state index contributed by atoms with van der Waals surface area (Å²) in [6, 6.07) is 5.34. The number of fused-ring (bicyclic) bond motifs is 3. The van der Waals surface area contributed by atoms with Crippen molar-refractivity contribution in [2.45, 2.75) is 45.8 Å². The third kappa shape index (κ3) is 4.71. The molecule has 0 radical (unpaired) electrons. The van der Waals surface area contributed by atoms with Crippen molar-refractivity contribution in [3.63, 3.8) is 0 Å². The third-order valence-electron chi connectivity index (χ3n) is 5.91. The number of hydrogen-bond donors (Lipinski definition) is 0. The van der Waals surface area contributed by atoms with E-state index in [-0.39, 0.29) is 30.1 Å². The number of H-pyrrole nitrogens is 1. The maximum atomic E-state index is 14.7. The zero-order valence-corrected chi connectivity index (χ0v) is 19.1. The molecule has 0 saturated carbocycles. The summed E-state index contributed by atoms with van der Waals surface area (Å²) in [5, 5.41) is 4.73. The van der Waals surface area contributed by atoms with Crippen molar-refractivity contribution in [2.24, 2.45) is 0 Å². The Hall–Kier alpha value is -3.51. The smallest absolute Gasteiger partial charge is 0.425 e. The number of halogens is 3. The fourth-order valence-electron chi connectivity index (χ4n) is 4.60. The number of benzene rings is 1. The number of pyridine rings is 1. The van der Waals surface area contributed by atoms with Crippen LogP contribution < -0.4 is 15.4 Å². The summed E-state index contributed by atoms with van der Waals surface area (Å²) < 4.78 is 52.1. The maximum Gasteiger partial charge on any atom is 0.425 e. The molecule has 1 saturated heterocycles. The van der Waals surface area contributed by atoms with Crippen LogP contribution in [0.5, 0.6) is 5.75 Å². The molecule has 3 aromatic heterocycles. The number of morpholine rings is 1. The number of hydrogen-bond acceptors (Lipinski definition) is 6. The lowest BCUT2D eigenvalue weighted by Gasteiger charge is -2.35. The standard InChI is InChI=1S/C23H23F3N6O3/c1-13-8-30(9-14(2)34-13)10-15-5-18-20(27-7-15)31(23(33)32-21(18)28-12-29-32)11-16-3-4-17(6-19(16)24)35-22(25)26/h3-7,12-14,22H,8-11H2,1-2H3/p+1/t13-,14+. The Bertz CT molecular complexity index is 1430. The van der Waals surface area contributed by atoms with Gasteiger partial charge in [-0.15, -0.1) is 0 Å². The van der Waals surface area contributed by atoms with E-state index in [1.54, 1.807) is 6.20 Å². The molecule has 1 fully saturated rings. The molecule has 0 spiro atoms. The van der Waals surface area contributed by atoms with E-state index in [9.17, 15) is 18.0 Å². The van der Waals surface area contributed by atoms with Crippen molar-refractivity contribution in [2.75, 3.05) is 13.1 Å². The summed E-state index contributed by atoms with van der Waals surface area (Å²) >= 11 is 0. The number of nitrogens with zero attached hydrogens (tertiary/aromatic N) is 5. The number of rotatable bonds is 6. The predicted octanol–water partition coefficient (Wildman–Crippen LogP) is 2.26. The van der Waals surface area contributed by atoms with E-state index in [1.807, 2.05) is 19.9 Å². The topological polar surface area (TPSA) is 88.0 Å². The van der Waals surface area contributed by atoms with Crippen LogP contribution in [0, 0.1) is 5.82 Å². The minimum atomic E-state index is -3.06. The van der Waals surface area contributed by atoms with Gasteiger partial charge in [0, 0.05) is 42.6 Å². The molecule has 5 rings (SSSR count). The monoisotopic (exact) mass is 489 g/mol. The minimum absolute atomic E-state index is 0.118. The van der Waals surface area contributed by atoms with E-state index in [1.165, 1.54) is 27.5 Å². The third-order valence-corrected chi connectivity index (χ3v) is 5.91. The van der Waals surface area contributed by atoms with Crippen LogP contribution in [0.2, 0.25) is 0 Å². The summed E-state index contributed by atoms with van der Waals surface area (Å²) in [6.07, 6.45) is 3.35. The van der Waals surface area contributed by atoms with Crippen LogP contribution in [0.3, 0.4) is 0 Å². The van der Waals surface area contributed by atoms with Gasteiger partial charge < -0.3 is 9.47 Å². The minimum Gasteiger partial charge on any atom is -0.435 e. The Labute approximate surface area is 197 Å². The lowest BCUT2D eigenvalue weighted by molar-refractivity contribution is -0.345. The van der Waals surface area contributed by atoms with E-state index >= 15 is 0 Å². The van der Waals surface area contributed by atoms with Gasteiger partial charge in [0.05, 0.1) is 24.1 Å². The molecule has 9 nitrogen and oxygen atoms in total. The lowest BCUT2D eigenvalue weighted by Crippen LogP contribution is -2.44. The van der Waals surface area contributed by atoms with Crippen LogP contribution >= 0.6 is 0 Å². The van der Waals surface area contributed by atoms with E-state index < -0.39 is 18.1 Å². The summed E-state index contributed by atoms with van der Waals surface area (Å²) in [6.45, 7) is 3.08. The molecular weight excluding hydrogens is 465 g/mol. The van der Waals surface area contributed by atoms with Gasteiger partial charge in [0.2, 0.25) is 0 Å². The molecule has 1 aliphatic heterocycles. The number of aromatic nitrogens is 5. The molecule has 4 aromatic rings. The van der Waals surface area contributed by atoms with Gasteiger partial charge in [-0.05, 0) is 36.1 Å². The van der Waals surface area contributed by atoms with Gasteiger partial charge in [0.1, 0.15) is 11.6 Å². The molecule has 184 valence electrons. The van der Waals surface area contributed by atoms with Crippen LogP contribution in [0.1, 0.15) is 25.0 Å². The Balaban J connectivity index is 1.53. The largest absolute Gasteiger partial charge is 0.435 e. The van der Waals surface area contributed by atoms with Crippen LogP contribution in [-0.4, -0.2) is 56.0 Å². The van der Waals surface area contributed by atoms with Gasteiger partial charge in [-0.2, -0.15) is 8.78 Å². The summed E-state index contributed by atoms with van der Waals surface area (Å²) in [5.41, 5.74) is 1.37. The summed E-state index contributed by atoms with van der Waals surface area (Å²) in [4.78, 5) is 23.0. The van der Waals surface area contributed by atoms with E-state index in [4.69, 9.17) is 4.74 Å². The van der Waals surface area contributed by atoms with Gasteiger partial charge in [-0.1, -0.05) is 6.07 Å². The van der Waals surface area contributed by atoms with Crippen molar-refractivity contribution in [1.82, 2.24) is 24.1 Å². The second kappa shape index (κ2) is 9.27. The first-order valence-electron chi connectivity index (χ1n) is 11.2. The van der Waals surface area contributed by atoms with Crippen LogP contribution in [0.4, 0.5) is 13.2 Å². The normalized spacial score (nSPS) is 19.1. The average Bonchev–Trinajstić information content (AvgIpc) is 3.27. The first kappa shape index (κ1) is 23.2. The van der Waals surface area contributed by atoms with Crippen molar-refractivity contribution < 1.29 is 27.6 Å². The second-order valence-corrected chi connectivity index (χ2v) is 8.72. The summed E-state index contributed by atoms with van der Waals surface area (Å²) in [7, 11) is 0. The first-order valence-corrected chi connectivity index (χ1v) is 11.2. The maximum absolute atomic E-state index is 14.7. The van der Waals surface area contributed by atoms with Gasteiger partial charge in [0.15, 0.2) is 5.65 Å². The van der Waals surface area contributed by atoms with Gasteiger partial charge >= 0.3 is 12.3 Å². The number of nitrogens with one attached hydrogen (secondary N) is 1. The van der Waals surface area contributed by atoms with Crippen LogP contribution in [0.25, 0.3) is 16.7 Å². The molecular formula is C23H24F3N6O3+. The molecule has 35 heavy (non-hydrogen) atoms. The fraction of sp³-hybridized carbons (Fsp3) is 0.391. The molecule has 1 aliphatic rings. The highest BCUT2D eigenvalue weighted by Gasteiger charge is 2.24. The lowest BCUT2D eigenvalue weighted by atomic mass is 10.1. The molecule has 0 bridgehead atoms. The fourth-order valence-corrected chi connectivity index (χ4v) is 4.60. The SMILES string of the molecule is C[C@@H]1CN(Cc2cnc3c(c2)c2[nH+]cnn2c(=O)n3Cc2ccc(OC(F)F)cc2F)C[C@H](C)O1. The van der Waals surface area contributed by atoms with E-state index in [0.717, 1.165) is 24.7 Å². The predicted molar refractivity (Wildman–Crippen MR) is 119 cm³/mol. The zero-order valence-electron chi connectivity index (χ0n) is 19.1. The Morgan fingerprint density at radius 2 is 1.97 bits per heavy atom. The Kier molecular flexibility index (Phi) is 6.15. The Morgan fingerprint density at radius 3 is 2.69 bits per heavy atom. The average molecular weight is 489 g/mol. The molecule has 4 heterocycles. The molecule has 1 N–H and O–H groups in total. The number of alkyl halides is 2. The highest BCUT2D eigenvalue weighted by atomic mass is 19.3. The van der Waals surface area contributed by atoms with Gasteiger partial charge in [-0.25, -0.2) is 19.2 Å². The van der Waals surface area contributed by atoms with Crippen molar-refractivity contribution in [3.05, 3.63) is 64.2 Å². The van der Waals surface area contributed by atoms with Crippen molar-refractivity contribution >= 4 is 16.7 Å². The van der Waals surface area contributed by atoms with E-state index in [0.29, 0.717) is 23.2 Å². The first-order chi connectivity index (χ1) is 16.8. The molecule has 12 heteroatoms. The molecule has 0 amide bonds. The van der Waals surface area contributed by atoms with E-state index in [2.05, 4.69) is 24.7 Å². The number of ether oxygens (including phenoxy) is 2. The molecule has 2 atom stereocenters. The van der Waals surface area contributed by atoms with Crippen molar-refractivity contribution in [3.8, 4) is 5.75 Å². The van der Waals surface area contributed by atoms with Crippen LogP contribution in [-0.2, 0) is 17.8 Å². The quantitative estimate of drug-likeness (QED) is 0.413. The second-order valence-electron chi connectivity index (χ2n) is 8.72. The molecule has 1 aromatic carbocycles. The highest BCUT2D eigenvalue weighted by Crippen LogP contribution is 2.22. The van der Waals surface area contributed by atoms with Gasteiger partial charge in [0.25, 0.3) is 12.0 Å². The summed E-state index contributed by atoms with van der Waals surface area (Å²) in [5.74, 6) is -1.08. The van der Waals surface area contributed by atoms with Crippen molar-refractivity contribution in [1.29, 1.82) is 0 Å². The Morgan fingerprint density at radius 1 is 1.20 bits per heavy atom. The molecule has 0 aliphatic carbocycles. The van der Waals surface area contributed by atoms with Gasteiger partial charge in [-0.3, -0.25) is 9.47 Å². The molecule has 0 unspecified atom stereocenters. The zero-order chi connectivity index (χ0) is 24.7. The highest BCUT2D eigenvalue weighted by molar-refractivity contribution is 5.87.